The summed E-state index contributed by atoms with van der Waals surface area (Å²) in [5.74, 6) is 0.271. The summed E-state index contributed by atoms with van der Waals surface area (Å²) in [7, 11) is 3.59. The number of halogens is 1. The molecule has 1 aliphatic carbocycles. The molecule has 43 heavy (non-hydrogen) atoms. The van der Waals surface area contributed by atoms with Crippen LogP contribution in [0.1, 0.15) is 57.9 Å². The molecule has 3 aliphatic heterocycles. The first-order chi connectivity index (χ1) is 20.6. The normalized spacial score (nSPS) is 23.7. The Bertz CT molecular complexity index is 1640. The molecule has 15 heteroatoms. The number of amides is 1. The summed E-state index contributed by atoms with van der Waals surface area (Å²) in [5, 5.41) is 14.6. The smallest absolute Gasteiger partial charge is 0.323 e. The zero-order valence-electron chi connectivity index (χ0n) is 24.2. The number of ether oxygens (including phenoxy) is 1. The third-order valence-corrected chi connectivity index (χ3v) is 10.6. The highest BCUT2D eigenvalue weighted by molar-refractivity contribution is 7.16. The highest BCUT2D eigenvalue weighted by Gasteiger charge is 2.52. The molecule has 0 unspecified atom stereocenters. The second-order valence-electron chi connectivity index (χ2n) is 12.3. The molecule has 3 fully saturated rings. The molecule has 3 saturated heterocycles. The number of anilines is 3. The molecule has 1 spiro atoms. The van der Waals surface area contributed by atoms with Crippen molar-refractivity contribution in [3.05, 3.63) is 33.5 Å². The van der Waals surface area contributed by atoms with Crippen LogP contribution in [-0.4, -0.2) is 87.1 Å². The molecule has 7 rings (SSSR count). The molecule has 6 heterocycles. The number of alkyl halides is 1. The van der Waals surface area contributed by atoms with Crippen molar-refractivity contribution < 1.29 is 13.9 Å². The van der Waals surface area contributed by atoms with Crippen LogP contribution in [0.25, 0.3) is 0 Å². The predicted molar refractivity (Wildman–Crippen MR) is 158 cm³/mol. The van der Waals surface area contributed by atoms with Gasteiger partial charge in [-0.3, -0.25) is 14.4 Å². The number of rotatable bonds is 8. The van der Waals surface area contributed by atoms with E-state index in [0.29, 0.717) is 61.7 Å². The molecule has 3 aromatic heterocycles. The van der Waals surface area contributed by atoms with Gasteiger partial charge in [0.05, 0.1) is 23.3 Å². The van der Waals surface area contributed by atoms with Gasteiger partial charge in [0.2, 0.25) is 11.9 Å². The second-order valence-corrected chi connectivity index (χ2v) is 13.5. The van der Waals surface area contributed by atoms with Crippen molar-refractivity contribution in [1.29, 1.82) is 5.26 Å². The van der Waals surface area contributed by atoms with Gasteiger partial charge in [-0.2, -0.15) is 25.3 Å². The van der Waals surface area contributed by atoms with Gasteiger partial charge in [0.25, 0.3) is 5.91 Å². The molecular weight excluding hydrogens is 573 g/mol. The fourth-order valence-corrected chi connectivity index (χ4v) is 8.55. The van der Waals surface area contributed by atoms with Gasteiger partial charge < -0.3 is 26.0 Å². The summed E-state index contributed by atoms with van der Waals surface area (Å²) < 4.78 is 22.3. The van der Waals surface area contributed by atoms with E-state index in [0.717, 1.165) is 43.5 Å². The van der Waals surface area contributed by atoms with Crippen molar-refractivity contribution in [3.63, 3.8) is 0 Å². The first kappa shape index (κ1) is 27.8. The number of aryl methyl sites for hydroxylation is 2. The van der Waals surface area contributed by atoms with Crippen LogP contribution >= 0.6 is 11.3 Å². The molecule has 226 valence electrons. The van der Waals surface area contributed by atoms with E-state index < -0.39 is 12.1 Å². The van der Waals surface area contributed by atoms with E-state index in [9.17, 15) is 14.4 Å². The van der Waals surface area contributed by atoms with Crippen molar-refractivity contribution in [2.24, 2.45) is 12.8 Å². The Morgan fingerprint density at radius 2 is 2.14 bits per heavy atom. The number of primary amides is 1. The average molecular weight is 608 g/mol. The van der Waals surface area contributed by atoms with E-state index in [1.54, 1.807) is 17.8 Å². The summed E-state index contributed by atoms with van der Waals surface area (Å²) in [5.41, 5.74) is 13.7. The molecule has 0 radical (unpaired) electrons. The Hall–Kier alpha value is -4.03. The summed E-state index contributed by atoms with van der Waals surface area (Å²) in [6.07, 6.45) is 3.34. The molecule has 0 saturated carbocycles. The number of nitrogens with zero attached hydrogens (tertiary/aromatic N) is 9. The minimum atomic E-state index is -0.860. The summed E-state index contributed by atoms with van der Waals surface area (Å²) in [4.78, 5) is 33.1. The minimum absolute atomic E-state index is 0.155. The molecule has 2 atom stereocenters. The Morgan fingerprint density at radius 3 is 2.88 bits per heavy atom. The van der Waals surface area contributed by atoms with E-state index in [1.165, 1.54) is 16.2 Å². The molecule has 0 aromatic carbocycles. The molecular formula is C28H34FN11O2S. The lowest BCUT2D eigenvalue weighted by Gasteiger charge is -2.48. The van der Waals surface area contributed by atoms with Gasteiger partial charge >= 0.3 is 6.01 Å². The highest BCUT2D eigenvalue weighted by Crippen LogP contribution is 2.52. The van der Waals surface area contributed by atoms with Crippen molar-refractivity contribution in [1.82, 2.24) is 29.6 Å². The van der Waals surface area contributed by atoms with Crippen LogP contribution in [0, 0.1) is 11.3 Å². The summed E-state index contributed by atoms with van der Waals surface area (Å²) in [6, 6.07) is 4.15. The molecule has 4 aliphatic rings. The van der Waals surface area contributed by atoms with Crippen molar-refractivity contribution in [3.8, 4) is 12.1 Å². The number of nitrogens with two attached hydrogens (primary N) is 2. The van der Waals surface area contributed by atoms with E-state index in [2.05, 4.69) is 26.0 Å². The van der Waals surface area contributed by atoms with Crippen LogP contribution in [0.4, 0.5) is 21.3 Å². The van der Waals surface area contributed by atoms with Crippen LogP contribution in [0.15, 0.2) is 6.07 Å². The van der Waals surface area contributed by atoms with E-state index >= 15 is 0 Å². The van der Waals surface area contributed by atoms with Gasteiger partial charge in [-0.15, -0.1) is 11.3 Å². The first-order valence-corrected chi connectivity index (χ1v) is 15.3. The topological polar surface area (TPSA) is 168 Å². The Labute approximate surface area is 252 Å². The van der Waals surface area contributed by atoms with Gasteiger partial charge in [-0.05, 0) is 43.9 Å². The number of fused-ring (bicyclic) bond motifs is 3. The van der Waals surface area contributed by atoms with Crippen LogP contribution in [-0.2, 0) is 25.4 Å². The van der Waals surface area contributed by atoms with Gasteiger partial charge in [0.15, 0.2) is 0 Å². The lowest BCUT2D eigenvalue weighted by Crippen LogP contribution is -2.59. The number of carbonyl (C=O) groups is 1. The summed E-state index contributed by atoms with van der Waals surface area (Å²) >= 11 is 1.52. The highest BCUT2D eigenvalue weighted by atomic mass is 32.1. The Morgan fingerprint density at radius 1 is 1.33 bits per heavy atom. The third kappa shape index (κ3) is 4.54. The minimum Gasteiger partial charge on any atom is -0.461 e. The van der Waals surface area contributed by atoms with E-state index in [4.69, 9.17) is 26.2 Å². The van der Waals surface area contributed by atoms with Crippen LogP contribution < -0.4 is 26.0 Å². The van der Waals surface area contributed by atoms with Crippen LogP contribution in [0.3, 0.4) is 0 Å². The van der Waals surface area contributed by atoms with Crippen LogP contribution in [0.5, 0.6) is 6.01 Å². The number of carbonyl (C=O) groups excluding carboxylic acids is 1. The number of nitriles is 1. The zero-order valence-corrected chi connectivity index (χ0v) is 25.0. The van der Waals surface area contributed by atoms with Crippen molar-refractivity contribution in [2.75, 3.05) is 55.4 Å². The average Bonchev–Trinajstić information content (AvgIpc) is 3.73. The number of aromatic nitrogens is 5. The maximum absolute atomic E-state index is 14.4. The van der Waals surface area contributed by atoms with Crippen LogP contribution in [0.2, 0.25) is 0 Å². The van der Waals surface area contributed by atoms with Gasteiger partial charge in [-0.25, -0.2) is 4.39 Å². The van der Waals surface area contributed by atoms with Gasteiger partial charge in [0.1, 0.15) is 29.5 Å². The summed E-state index contributed by atoms with van der Waals surface area (Å²) in [6.45, 7) is 3.27. The lowest BCUT2D eigenvalue weighted by atomic mass is 9.74. The number of nitrogen functional groups attached to an aromatic ring is 1. The fourth-order valence-electron chi connectivity index (χ4n) is 7.41. The Balaban J connectivity index is 1.17. The van der Waals surface area contributed by atoms with Gasteiger partial charge in [-0.1, -0.05) is 0 Å². The second kappa shape index (κ2) is 10.0. The maximum atomic E-state index is 14.4. The standard InChI is InChI=1S/C28H34FN11O2S/c1-37(12-17-8-19(22(31)41)36-38(17)2)24-33-25(35-26(34-24)42-15-28-5-3-7-40(28)11-16(29)9-28)39-13-27(14-39)6-4-20-21(27)18(10-30)23(32)43-20/h8,16H,3-7,9,11-15,32H2,1-2H3,(H2,31,41)/t16-,28+/m1/s1. The third-order valence-electron chi connectivity index (χ3n) is 9.54. The number of hydrogen-bond acceptors (Lipinski definition) is 12. The Kier molecular flexibility index (Phi) is 6.47. The molecule has 0 bridgehead atoms. The first-order valence-electron chi connectivity index (χ1n) is 14.5. The SMILES string of the molecule is CN(Cc1cc(C(N)=O)nn1C)c1nc(OC[C@@]23CCCN2C[C@H](F)C3)nc(N2CC3(CCc4sc(N)c(C#N)c43)C2)n1. The van der Waals surface area contributed by atoms with Crippen molar-refractivity contribution in [2.45, 2.75) is 55.8 Å². The van der Waals surface area contributed by atoms with E-state index in [1.807, 2.05) is 11.9 Å². The molecule has 4 N–H and O–H groups in total. The number of thiophene rings is 1. The van der Waals surface area contributed by atoms with Crippen molar-refractivity contribution >= 4 is 34.1 Å². The molecule has 1 amide bonds. The fraction of sp³-hybridized carbons (Fsp3) is 0.571. The quantitative estimate of drug-likeness (QED) is 0.381. The predicted octanol–water partition coefficient (Wildman–Crippen LogP) is 1.52. The molecule has 13 nitrogen and oxygen atoms in total. The lowest BCUT2D eigenvalue weighted by molar-refractivity contribution is 0.0995. The van der Waals surface area contributed by atoms with Gasteiger partial charge in [0, 0.05) is 50.4 Å². The maximum Gasteiger partial charge on any atom is 0.323 e. The largest absolute Gasteiger partial charge is 0.461 e. The monoisotopic (exact) mass is 607 g/mol. The number of hydrogen-bond donors (Lipinski definition) is 2. The zero-order chi connectivity index (χ0) is 30.1. The molecule has 3 aromatic rings. The van der Waals surface area contributed by atoms with E-state index in [-0.39, 0.29) is 22.7 Å².